The van der Waals surface area contributed by atoms with Crippen molar-refractivity contribution in [3.63, 3.8) is 0 Å². The predicted octanol–water partition coefficient (Wildman–Crippen LogP) is 5.48. The van der Waals surface area contributed by atoms with Gasteiger partial charge in [0.25, 0.3) is 5.91 Å². The van der Waals surface area contributed by atoms with Crippen molar-refractivity contribution >= 4 is 43.9 Å². The minimum Gasteiger partial charge on any atom is -0.321 e. The smallest absolute Gasteiger partial charge is 0.265 e. The average Bonchev–Trinajstić information content (AvgIpc) is 3.58. The van der Waals surface area contributed by atoms with Gasteiger partial charge in [0.2, 0.25) is 0 Å². The Morgan fingerprint density at radius 3 is 2.72 bits per heavy atom. The lowest BCUT2D eigenvalue weighted by atomic mass is 10.0. The van der Waals surface area contributed by atoms with Crippen LogP contribution in [0, 0.1) is 0 Å². The van der Waals surface area contributed by atoms with E-state index in [1.807, 2.05) is 72.8 Å². The van der Waals surface area contributed by atoms with E-state index in [-0.39, 0.29) is 5.91 Å². The standard InChI is InChI=1S/C24H16N6OS/c31-24(21-12-14-4-1-2-7-20(14)32-21)27-17-6-3-5-15(10-17)22-18-11-16(23-25-13-26-30-23)8-9-19(18)28-29-22/h1-13H,(H,27,31)(H,28,29)(H,25,26,30). The minimum atomic E-state index is -0.123. The number of nitrogens with one attached hydrogen (secondary N) is 3. The molecule has 7 nitrogen and oxygen atoms in total. The fraction of sp³-hybridized carbons (Fsp3) is 0. The van der Waals surface area contributed by atoms with E-state index < -0.39 is 0 Å². The van der Waals surface area contributed by atoms with Gasteiger partial charge < -0.3 is 5.32 Å². The fourth-order valence-electron chi connectivity index (χ4n) is 3.75. The number of carbonyl (C=O) groups excluding carboxylic acids is 1. The van der Waals surface area contributed by atoms with Crippen LogP contribution in [0.5, 0.6) is 0 Å². The number of hydrogen-bond donors (Lipinski definition) is 3. The zero-order valence-electron chi connectivity index (χ0n) is 16.7. The molecule has 0 aliphatic carbocycles. The normalized spacial score (nSPS) is 11.2. The van der Waals surface area contributed by atoms with Crippen LogP contribution < -0.4 is 5.32 Å². The van der Waals surface area contributed by atoms with Crippen molar-refractivity contribution < 1.29 is 4.79 Å². The number of thiophene rings is 1. The molecule has 0 aliphatic rings. The predicted molar refractivity (Wildman–Crippen MR) is 127 cm³/mol. The molecule has 3 heterocycles. The lowest BCUT2D eigenvalue weighted by Crippen LogP contribution is -2.09. The number of benzene rings is 3. The van der Waals surface area contributed by atoms with Crippen LogP contribution in [-0.4, -0.2) is 31.3 Å². The molecule has 6 aromatic rings. The van der Waals surface area contributed by atoms with Crippen molar-refractivity contribution in [3.05, 3.63) is 84.0 Å². The monoisotopic (exact) mass is 436 g/mol. The van der Waals surface area contributed by atoms with Crippen LogP contribution >= 0.6 is 11.3 Å². The number of H-pyrrole nitrogens is 2. The van der Waals surface area contributed by atoms with Crippen molar-refractivity contribution in [1.29, 1.82) is 0 Å². The molecule has 0 aliphatic heterocycles. The molecule has 0 fully saturated rings. The molecule has 0 atom stereocenters. The summed E-state index contributed by atoms with van der Waals surface area (Å²) in [6.07, 6.45) is 1.55. The Morgan fingerprint density at radius 1 is 0.906 bits per heavy atom. The quantitative estimate of drug-likeness (QED) is 0.341. The van der Waals surface area contributed by atoms with Gasteiger partial charge in [0, 0.05) is 26.9 Å². The fourth-order valence-corrected chi connectivity index (χ4v) is 4.71. The summed E-state index contributed by atoms with van der Waals surface area (Å²) < 4.78 is 1.09. The van der Waals surface area contributed by atoms with Gasteiger partial charge in [0.1, 0.15) is 6.33 Å². The van der Waals surface area contributed by atoms with E-state index in [1.54, 1.807) is 6.33 Å². The molecule has 0 saturated carbocycles. The van der Waals surface area contributed by atoms with Crippen molar-refractivity contribution in [3.8, 4) is 22.6 Å². The Labute approximate surface area is 186 Å². The number of aromatic nitrogens is 5. The summed E-state index contributed by atoms with van der Waals surface area (Å²) in [6.45, 7) is 0. The molecule has 3 N–H and O–H groups in total. The number of hydrogen-bond acceptors (Lipinski definition) is 5. The largest absolute Gasteiger partial charge is 0.321 e. The molecule has 0 radical (unpaired) electrons. The molecule has 154 valence electrons. The van der Waals surface area contributed by atoms with E-state index in [0.29, 0.717) is 16.4 Å². The van der Waals surface area contributed by atoms with E-state index in [4.69, 9.17) is 0 Å². The lowest BCUT2D eigenvalue weighted by Gasteiger charge is -2.06. The molecular weight excluding hydrogens is 420 g/mol. The Kier molecular flexibility index (Phi) is 4.29. The van der Waals surface area contributed by atoms with Crippen LogP contribution in [0.4, 0.5) is 5.69 Å². The number of amides is 1. The molecule has 3 aromatic carbocycles. The van der Waals surface area contributed by atoms with E-state index in [2.05, 4.69) is 30.7 Å². The van der Waals surface area contributed by atoms with Crippen molar-refractivity contribution in [1.82, 2.24) is 25.4 Å². The van der Waals surface area contributed by atoms with Gasteiger partial charge in [-0.05, 0) is 47.9 Å². The first-order valence-corrected chi connectivity index (χ1v) is 10.8. The highest BCUT2D eigenvalue weighted by Crippen LogP contribution is 2.31. The highest BCUT2D eigenvalue weighted by Gasteiger charge is 2.14. The van der Waals surface area contributed by atoms with Gasteiger partial charge in [-0.15, -0.1) is 11.3 Å². The van der Waals surface area contributed by atoms with Gasteiger partial charge in [0.05, 0.1) is 16.1 Å². The molecule has 8 heteroatoms. The highest BCUT2D eigenvalue weighted by molar-refractivity contribution is 7.20. The zero-order valence-corrected chi connectivity index (χ0v) is 17.5. The maximum atomic E-state index is 12.8. The van der Waals surface area contributed by atoms with E-state index in [0.717, 1.165) is 37.8 Å². The average molecular weight is 437 g/mol. The van der Waals surface area contributed by atoms with Gasteiger partial charge in [-0.3, -0.25) is 15.0 Å². The third-order valence-corrected chi connectivity index (χ3v) is 6.39. The lowest BCUT2D eigenvalue weighted by molar-refractivity contribution is 0.103. The maximum Gasteiger partial charge on any atom is 0.265 e. The second-order valence-electron chi connectivity index (χ2n) is 7.34. The number of aromatic amines is 2. The SMILES string of the molecule is O=C(Nc1cccc(-c2n[nH]c3ccc(-c4nc[nH]n4)cc23)c1)c1cc2ccccc2s1. The van der Waals surface area contributed by atoms with Crippen molar-refractivity contribution in [2.24, 2.45) is 0 Å². The molecule has 0 spiro atoms. The number of carbonyl (C=O) groups is 1. The van der Waals surface area contributed by atoms with Crippen molar-refractivity contribution in [2.75, 3.05) is 5.32 Å². The summed E-state index contributed by atoms with van der Waals surface area (Å²) in [5, 5.41) is 19.5. The summed E-state index contributed by atoms with van der Waals surface area (Å²) in [4.78, 5) is 17.7. The van der Waals surface area contributed by atoms with Crippen LogP contribution in [0.3, 0.4) is 0 Å². The number of fused-ring (bicyclic) bond motifs is 2. The Bertz CT molecular complexity index is 1550. The van der Waals surface area contributed by atoms with Gasteiger partial charge in [0.15, 0.2) is 5.82 Å². The van der Waals surface area contributed by atoms with Gasteiger partial charge >= 0.3 is 0 Å². The molecule has 1 amide bonds. The summed E-state index contributed by atoms with van der Waals surface area (Å²) >= 11 is 1.48. The van der Waals surface area contributed by atoms with Gasteiger partial charge in [-0.1, -0.05) is 30.3 Å². The van der Waals surface area contributed by atoms with Crippen molar-refractivity contribution in [2.45, 2.75) is 0 Å². The maximum absolute atomic E-state index is 12.8. The molecule has 0 unspecified atom stereocenters. The highest BCUT2D eigenvalue weighted by atomic mass is 32.1. The Balaban J connectivity index is 1.33. The van der Waals surface area contributed by atoms with Crippen LogP contribution in [0.25, 0.3) is 43.6 Å². The van der Waals surface area contributed by atoms with E-state index >= 15 is 0 Å². The Morgan fingerprint density at radius 2 is 1.84 bits per heavy atom. The minimum absolute atomic E-state index is 0.123. The number of anilines is 1. The van der Waals surface area contributed by atoms with Crippen LogP contribution in [0.1, 0.15) is 9.67 Å². The van der Waals surface area contributed by atoms with Crippen LogP contribution in [0.2, 0.25) is 0 Å². The van der Waals surface area contributed by atoms with E-state index in [1.165, 1.54) is 11.3 Å². The first-order valence-electron chi connectivity index (χ1n) is 9.99. The molecule has 6 rings (SSSR count). The molecular formula is C24H16N6OS. The topological polar surface area (TPSA) is 99.4 Å². The molecule has 3 aromatic heterocycles. The molecule has 0 saturated heterocycles. The first-order chi connectivity index (χ1) is 15.7. The summed E-state index contributed by atoms with van der Waals surface area (Å²) in [5.41, 5.74) is 4.23. The molecule has 0 bridgehead atoms. The van der Waals surface area contributed by atoms with Crippen LogP contribution in [-0.2, 0) is 0 Å². The third-order valence-electron chi connectivity index (χ3n) is 5.28. The second kappa shape index (κ2) is 7.44. The molecule has 32 heavy (non-hydrogen) atoms. The van der Waals surface area contributed by atoms with Gasteiger partial charge in [-0.25, -0.2) is 4.98 Å². The number of rotatable bonds is 4. The Hall–Kier alpha value is -4.30. The number of nitrogens with zero attached hydrogens (tertiary/aromatic N) is 3. The van der Waals surface area contributed by atoms with Gasteiger partial charge in [-0.2, -0.15) is 10.2 Å². The summed E-state index contributed by atoms with van der Waals surface area (Å²) in [7, 11) is 0. The summed E-state index contributed by atoms with van der Waals surface area (Å²) in [6, 6.07) is 23.5. The van der Waals surface area contributed by atoms with E-state index in [9.17, 15) is 4.79 Å². The first kappa shape index (κ1) is 18.5. The summed E-state index contributed by atoms with van der Waals surface area (Å²) in [5.74, 6) is 0.505. The van der Waals surface area contributed by atoms with Crippen LogP contribution in [0.15, 0.2) is 79.1 Å². The third kappa shape index (κ3) is 3.23. The second-order valence-corrected chi connectivity index (χ2v) is 8.42. The zero-order chi connectivity index (χ0) is 21.5.